The first-order valence-corrected chi connectivity index (χ1v) is 13.3. The minimum atomic E-state index is -0.742. The van der Waals surface area contributed by atoms with Gasteiger partial charge in [-0.25, -0.2) is 9.07 Å². The third kappa shape index (κ3) is 6.51. The summed E-state index contributed by atoms with van der Waals surface area (Å²) < 4.78 is 14.9. The topological polar surface area (TPSA) is 99.6 Å². The number of hydrogen-bond acceptors (Lipinski definition) is 5. The van der Waals surface area contributed by atoms with E-state index in [4.69, 9.17) is 0 Å². The second-order valence-electron chi connectivity index (χ2n) is 10.2. The number of hydrogen-bond donors (Lipinski definition) is 2. The van der Waals surface area contributed by atoms with Crippen molar-refractivity contribution in [3.63, 3.8) is 0 Å². The van der Waals surface area contributed by atoms with Gasteiger partial charge in [0.05, 0.1) is 12.2 Å². The van der Waals surface area contributed by atoms with Gasteiger partial charge in [-0.15, -0.1) is 0 Å². The van der Waals surface area contributed by atoms with Crippen LogP contribution in [-0.2, 0) is 9.59 Å². The highest BCUT2D eigenvalue weighted by Gasteiger charge is 2.38. The minimum Gasteiger partial charge on any atom is -0.342 e. The number of nitrogens with one attached hydrogen (secondary N) is 2. The molecule has 0 radical (unpaired) electrons. The number of benzene rings is 2. The Hall–Kier alpha value is -4.05. The molecule has 1 saturated heterocycles. The van der Waals surface area contributed by atoms with Crippen LogP contribution in [-0.4, -0.2) is 82.6 Å². The van der Waals surface area contributed by atoms with E-state index in [1.165, 1.54) is 17.0 Å². The molecule has 1 unspecified atom stereocenters. The Kier molecular flexibility index (Phi) is 8.02. The van der Waals surface area contributed by atoms with Gasteiger partial charge in [0.15, 0.2) is 0 Å². The van der Waals surface area contributed by atoms with Crippen molar-refractivity contribution in [1.82, 2.24) is 30.2 Å². The summed E-state index contributed by atoms with van der Waals surface area (Å²) >= 11 is 0. The summed E-state index contributed by atoms with van der Waals surface area (Å²) in [4.78, 5) is 41.9. The number of rotatable bonds is 10. The average Bonchev–Trinajstić information content (AvgIpc) is 3.50. The van der Waals surface area contributed by atoms with Crippen molar-refractivity contribution >= 4 is 17.7 Å². The highest BCUT2D eigenvalue weighted by Crippen LogP contribution is 2.40. The van der Waals surface area contributed by atoms with Gasteiger partial charge >= 0.3 is 0 Å². The molecular weight excluding hydrogens is 499 g/mol. The van der Waals surface area contributed by atoms with Gasteiger partial charge in [-0.1, -0.05) is 12.1 Å². The van der Waals surface area contributed by atoms with E-state index in [1.807, 2.05) is 24.4 Å². The lowest BCUT2D eigenvalue weighted by atomic mass is 10.1. The van der Waals surface area contributed by atoms with E-state index >= 15 is 0 Å². The molecule has 0 bridgehead atoms. The monoisotopic (exact) mass is 532 g/mol. The summed E-state index contributed by atoms with van der Waals surface area (Å²) in [6.07, 6.45) is 5.60. The number of likely N-dealkylation sites (N-methyl/N-ethyl adjacent to an activating group) is 1. The quantitative estimate of drug-likeness (QED) is 0.391. The summed E-state index contributed by atoms with van der Waals surface area (Å²) in [6.45, 7) is 1.60. The predicted octanol–water partition coefficient (Wildman–Crippen LogP) is 2.34. The Bertz CT molecular complexity index is 1300. The molecule has 1 aliphatic carbocycles. The van der Waals surface area contributed by atoms with Gasteiger partial charge < -0.3 is 20.4 Å². The van der Waals surface area contributed by atoms with Gasteiger partial charge in [0, 0.05) is 50.1 Å². The first kappa shape index (κ1) is 26.6. The van der Waals surface area contributed by atoms with Gasteiger partial charge in [0.1, 0.15) is 11.9 Å². The van der Waals surface area contributed by atoms with Gasteiger partial charge in [-0.2, -0.15) is 5.10 Å². The molecule has 2 aliphatic rings. The summed E-state index contributed by atoms with van der Waals surface area (Å²) in [7, 11) is 1.72. The zero-order chi connectivity index (χ0) is 27.4. The van der Waals surface area contributed by atoms with Crippen molar-refractivity contribution in [2.24, 2.45) is 0 Å². The van der Waals surface area contributed by atoms with Crippen LogP contribution in [0.3, 0.4) is 0 Å². The molecule has 3 amide bonds. The van der Waals surface area contributed by atoms with Crippen LogP contribution in [0.15, 0.2) is 67.0 Å². The number of nitrogens with zero attached hydrogens (tertiary/aromatic N) is 4. The molecule has 2 heterocycles. The smallest absolute Gasteiger partial charge is 0.251 e. The summed E-state index contributed by atoms with van der Waals surface area (Å²) in [5.41, 5.74) is 2.38. The second-order valence-corrected chi connectivity index (χ2v) is 10.2. The molecule has 1 saturated carbocycles. The summed E-state index contributed by atoms with van der Waals surface area (Å²) in [6, 6.07) is 15.0. The van der Waals surface area contributed by atoms with E-state index < -0.39 is 6.04 Å². The predicted molar refractivity (Wildman–Crippen MR) is 144 cm³/mol. The van der Waals surface area contributed by atoms with E-state index in [9.17, 15) is 18.8 Å². The largest absolute Gasteiger partial charge is 0.342 e. The molecule has 3 aromatic rings. The first-order valence-electron chi connectivity index (χ1n) is 13.3. The van der Waals surface area contributed by atoms with Crippen LogP contribution in [0.5, 0.6) is 0 Å². The molecular formula is C29H33FN6O3. The van der Waals surface area contributed by atoms with Crippen molar-refractivity contribution in [3.05, 3.63) is 83.9 Å². The zero-order valence-electron chi connectivity index (χ0n) is 21.9. The fourth-order valence-electron chi connectivity index (χ4n) is 4.95. The summed E-state index contributed by atoms with van der Waals surface area (Å²) in [5.74, 6) is -0.571. The fourth-order valence-corrected chi connectivity index (χ4v) is 4.95. The molecule has 0 spiro atoms. The molecule has 2 N–H and O–H groups in total. The molecule has 1 aliphatic heterocycles. The van der Waals surface area contributed by atoms with E-state index in [2.05, 4.69) is 15.7 Å². The zero-order valence-corrected chi connectivity index (χ0v) is 21.9. The van der Waals surface area contributed by atoms with Crippen LogP contribution in [0.1, 0.15) is 41.1 Å². The molecule has 2 aromatic carbocycles. The Morgan fingerprint density at radius 3 is 2.56 bits per heavy atom. The maximum Gasteiger partial charge on any atom is 0.251 e. The van der Waals surface area contributed by atoms with Gasteiger partial charge in [0.25, 0.3) is 5.91 Å². The Labute approximate surface area is 227 Å². The second kappa shape index (κ2) is 11.8. The van der Waals surface area contributed by atoms with Crippen LogP contribution in [0, 0.1) is 5.82 Å². The van der Waals surface area contributed by atoms with Gasteiger partial charge in [-0.05, 0) is 73.8 Å². The number of amides is 3. The standard InChI is InChI=1S/C29H33FN6O3/c1-34-16-17-35(19-27(34)37)29(39)25(4-2-13-31-26-18-24(26)20-5-9-22(30)10-6-20)33-28(38)21-7-11-23(12-8-21)36-15-3-14-32-36/h3,5-12,14-15,24-26,31H,2,4,13,16-19H2,1H3,(H,33,38)/t24-,25?,26+/m0/s1. The third-order valence-electron chi connectivity index (χ3n) is 7.44. The van der Waals surface area contributed by atoms with Gasteiger partial charge in [0.2, 0.25) is 11.8 Å². The lowest BCUT2D eigenvalue weighted by Crippen LogP contribution is -2.56. The summed E-state index contributed by atoms with van der Waals surface area (Å²) in [5, 5.41) is 10.6. The van der Waals surface area contributed by atoms with Crippen molar-refractivity contribution in [2.75, 3.05) is 33.2 Å². The normalized spacial score (nSPS) is 19.6. The minimum absolute atomic E-state index is 0.0138. The molecule has 39 heavy (non-hydrogen) atoms. The third-order valence-corrected chi connectivity index (χ3v) is 7.44. The maximum absolute atomic E-state index is 13.4. The molecule has 9 nitrogen and oxygen atoms in total. The van der Waals surface area contributed by atoms with Crippen LogP contribution in [0.2, 0.25) is 0 Å². The Morgan fingerprint density at radius 2 is 1.87 bits per heavy atom. The van der Waals surface area contributed by atoms with Crippen molar-refractivity contribution in [2.45, 2.75) is 37.3 Å². The van der Waals surface area contributed by atoms with E-state index in [-0.39, 0.29) is 30.1 Å². The van der Waals surface area contributed by atoms with Crippen LogP contribution in [0.4, 0.5) is 4.39 Å². The van der Waals surface area contributed by atoms with Crippen molar-refractivity contribution < 1.29 is 18.8 Å². The molecule has 1 aromatic heterocycles. The van der Waals surface area contributed by atoms with Crippen molar-refractivity contribution in [3.8, 4) is 5.69 Å². The van der Waals surface area contributed by atoms with Crippen LogP contribution in [0.25, 0.3) is 5.69 Å². The van der Waals surface area contributed by atoms with Crippen LogP contribution >= 0.6 is 0 Å². The lowest BCUT2D eigenvalue weighted by molar-refractivity contribution is -0.145. The highest BCUT2D eigenvalue weighted by atomic mass is 19.1. The Balaban J connectivity index is 1.18. The maximum atomic E-state index is 13.4. The lowest BCUT2D eigenvalue weighted by Gasteiger charge is -2.34. The van der Waals surface area contributed by atoms with E-state index in [0.29, 0.717) is 50.0 Å². The molecule has 204 valence electrons. The van der Waals surface area contributed by atoms with Gasteiger partial charge in [-0.3, -0.25) is 14.4 Å². The number of carbonyl (C=O) groups excluding carboxylic acids is 3. The van der Waals surface area contributed by atoms with Crippen molar-refractivity contribution in [1.29, 1.82) is 0 Å². The van der Waals surface area contributed by atoms with E-state index in [0.717, 1.165) is 17.7 Å². The fraction of sp³-hybridized carbons (Fsp3) is 0.379. The SMILES string of the molecule is CN1CCN(C(=O)C(CCCN[C@@H]2C[C@H]2c2ccc(F)cc2)NC(=O)c2ccc(-n3cccn3)cc2)CC1=O. The number of halogens is 1. The first-order chi connectivity index (χ1) is 18.9. The number of aromatic nitrogens is 2. The molecule has 5 rings (SSSR count). The highest BCUT2D eigenvalue weighted by molar-refractivity contribution is 5.98. The number of piperazine rings is 1. The average molecular weight is 533 g/mol. The number of carbonyl (C=O) groups is 3. The molecule has 10 heteroatoms. The van der Waals surface area contributed by atoms with E-state index in [1.54, 1.807) is 47.1 Å². The molecule has 3 atom stereocenters. The Morgan fingerprint density at radius 1 is 1.10 bits per heavy atom. The van der Waals surface area contributed by atoms with Crippen LogP contribution < -0.4 is 10.6 Å². The molecule has 2 fully saturated rings.